The van der Waals surface area contributed by atoms with Crippen LogP contribution in [0.5, 0.6) is 0 Å². The first kappa shape index (κ1) is 9.58. The third-order valence-corrected chi connectivity index (χ3v) is 2.43. The molecule has 3 rings (SSSR count). The predicted molar refractivity (Wildman–Crippen MR) is 62.7 cm³/mol. The first-order chi connectivity index (χ1) is 8.15. The van der Waals surface area contributed by atoms with Gasteiger partial charge in [0.1, 0.15) is 11.5 Å². The van der Waals surface area contributed by atoms with Crippen LogP contribution < -0.4 is 11.5 Å². The van der Waals surface area contributed by atoms with Gasteiger partial charge >= 0.3 is 0 Å². The molecule has 17 heavy (non-hydrogen) atoms. The molecule has 0 fully saturated rings. The number of hydrogen-bond acceptors (Lipinski definition) is 6. The van der Waals surface area contributed by atoms with Crippen molar-refractivity contribution in [1.82, 2.24) is 29.9 Å². The van der Waals surface area contributed by atoms with Crippen LogP contribution in [0.25, 0.3) is 22.4 Å². The van der Waals surface area contributed by atoms with E-state index in [-0.39, 0.29) is 5.95 Å². The molecule has 0 atom stereocenters. The molecule has 8 heteroatoms. The van der Waals surface area contributed by atoms with Crippen LogP contribution in [0.1, 0.15) is 0 Å². The van der Waals surface area contributed by atoms with E-state index in [0.29, 0.717) is 22.5 Å². The largest absolute Gasteiger partial charge is 0.383 e. The molecule has 0 saturated heterocycles. The van der Waals surface area contributed by atoms with Crippen LogP contribution in [0, 0.1) is 0 Å². The lowest BCUT2D eigenvalue weighted by atomic mass is 10.2. The van der Waals surface area contributed by atoms with E-state index in [2.05, 4.69) is 25.3 Å². The summed E-state index contributed by atoms with van der Waals surface area (Å²) in [6.07, 6.45) is 1.83. The molecule has 0 aliphatic carbocycles. The topological polar surface area (TPSA) is 124 Å². The summed E-state index contributed by atoms with van der Waals surface area (Å²) in [6, 6.07) is 1.85. The minimum absolute atomic E-state index is 0.106. The predicted octanol–water partition coefficient (Wildman–Crippen LogP) is -0.0822. The van der Waals surface area contributed by atoms with Crippen molar-refractivity contribution < 1.29 is 0 Å². The third-order valence-electron chi connectivity index (χ3n) is 2.43. The lowest BCUT2D eigenvalue weighted by Gasteiger charge is -1.98. The molecule has 3 aromatic rings. The normalized spacial score (nSPS) is 11.1. The number of aryl methyl sites for hydroxylation is 1. The molecule has 0 saturated carbocycles. The Hall–Kier alpha value is -2.64. The first-order valence-corrected chi connectivity index (χ1v) is 4.92. The molecule has 86 valence electrons. The van der Waals surface area contributed by atoms with Crippen molar-refractivity contribution in [3.63, 3.8) is 0 Å². The fraction of sp³-hybridized carbons (Fsp3) is 0.111. The molecular formula is C9H10N8. The van der Waals surface area contributed by atoms with Crippen LogP contribution in [-0.2, 0) is 7.05 Å². The standard InChI is InChI=1S/C9H10N8/c1-17-3-2-4(16-17)6-5-7(10)12-9(11)13-8(5)15-14-6/h2-3H,1H3,(H5,10,11,12,13,14,15). The van der Waals surface area contributed by atoms with Gasteiger partial charge in [0.2, 0.25) is 5.95 Å². The second-order valence-corrected chi connectivity index (χ2v) is 3.64. The number of aromatic nitrogens is 6. The third kappa shape index (κ3) is 1.38. The lowest BCUT2D eigenvalue weighted by Crippen LogP contribution is -2.00. The van der Waals surface area contributed by atoms with Crippen molar-refractivity contribution >= 4 is 22.8 Å². The number of nitrogens with two attached hydrogens (primary N) is 2. The Morgan fingerprint density at radius 2 is 2.12 bits per heavy atom. The number of nitrogen functional groups attached to an aromatic ring is 2. The summed E-state index contributed by atoms with van der Waals surface area (Å²) in [4.78, 5) is 7.92. The van der Waals surface area contributed by atoms with E-state index in [1.165, 1.54) is 0 Å². The highest BCUT2D eigenvalue weighted by molar-refractivity contribution is 5.97. The Balaban J connectivity index is 2.31. The van der Waals surface area contributed by atoms with Gasteiger partial charge in [-0.25, -0.2) is 0 Å². The van der Waals surface area contributed by atoms with Gasteiger partial charge in [0.25, 0.3) is 0 Å². The second-order valence-electron chi connectivity index (χ2n) is 3.64. The van der Waals surface area contributed by atoms with Crippen LogP contribution in [-0.4, -0.2) is 29.9 Å². The molecule has 3 heterocycles. The zero-order valence-electron chi connectivity index (χ0n) is 9.05. The van der Waals surface area contributed by atoms with Gasteiger partial charge in [-0.1, -0.05) is 0 Å². The average molecular weight is 230 g/mol. The van der Waals surface area contributed by atoms with Crippen molar-refractivity contribution in [3.05, 3.63) is 12.3 Å². The molecule has 3 aromatic heterocycles. The van der Waals surface area contributed by atoms with Gasteiger partial charge in [-0.3, -0.25) is 9.78 Å². The molecule has 0 unspecified atom stereocenters. The molecule has 0 amide bonds. The van der Waals surface area contributed by atoms with Gasteiger partial charge in [-0.2, -0.15) is 20.2 Å². The average Bonchev–Trinajstić information content (AvgIpc) is 2.83. The van der Waals surface area contributed by atoms with Crippen LogP contribution in [0.3, 0.4) is 0 Å². The number of nitrogens with one attached hydrogen (secondary N) is 1. The monoisotopic (exact) mass is 230 g/mol. The number of H-pyrrole nitrogens is 1. The van der Waals surface area contributed by atoms with Crippen molar-refractivity contribution in [2.24, 2.45) is 7.05 Å². The summed E-state index contributed by atoms with van der Waals surface area (Å²) in [5.74, 6) is 0.399. The second kappa shape index (κ2) is 3.17. The number of rotatable bonds is 1. The number of fused-ring (bicyclic) bond motifs is 1. The van der Waals surface area contributed by atoms with Crippen LogP contribution in [0.2, 0.25) is 0 Å². The summed E-state index contributed by atoms with van der Waals surface area (Å²) in [5, 5.41) is 11.8. The fourth-order valence-electron chi connectivity index (χ4n) is 1.70. The van der Waals surface area contributed by atoms with E-state index in [0.717, 1.165) is 5.69 Å². The summed E-state index contributed by atoms with van der Waals surface area (Å²) in [7, 11) is 1.83. The molecule has 0 aliphatic rings. The van der Waals surface area contributed by atoms with E-state index >= 15 is 0 Å². The number of hydrogen-bond donors (Lipinski definition) is 3. The Bertz CT molecular complexity index is 694. The lowest BCUT2D eigenvalue weighted by molar-refractivity contribution is 0.770. The van der Waals surface area contributed by atoms with E-state index in [1.54, 1.807) is 4.68 Å². The molecule has 0 bridgehead atoms. The summed E-state index contributed by atoms with van der Waals surface area (Å²) in [6.45, 7) is 0. The molecule has 0 spiro atoms. The number of anilines is 2. The summed E-state index contributed by atoms with van der Waals surface area (Å²) in [5.41, 5.74) is 13.2. The van der Waals surface area contributed by atoms with Crippen LogP contribution in [0.4, 0.5) is 11.8 Å². The fourth-order valence-corrected chi connectivity index (χ4v) is 1.70. The zero-order valence-corrected chi connectivity index (χ0v) is 9.05. The number of aromatic amines is 1. The van der Waals surface area contributed by atoms with E-state index < -0.39 is 0 Å². The van der Waals surface area contributed by atoms with Gasteiger partial charge in [0.15, 0.2) is 5.65 Å². The molecule has 0 aromatic carbocycles. The summed E-state index contributed by atoms with van der Waals surface area (Å²) >= 11 is 0. The molecule has 0 aliphatic heterocycles. The van der Waals surface area contributed by atoms with E-state index in [1.807, 2.05) is 19.3 Å². The highest BCUT2D eigenvalue weighted by Crippen LogP contribution is 2.27. The minimum Gasteiger partial charge on any atom is -0.383 e. The maximum atomic E-state index is 5.82. The SMILES string of the molecule is Cn1ccc(-c2[nH]nc3nc(N)nc(N)c23)n1. The van der Waals surface area contributed by atoms with Crippen molar-refractivity contribution in [2.75, 3.05) is 11.5 Å². The van der Waals surface area contributed by atoms with Crippen LogP contribution >= 0.6 is 0 Å². The van der Waals surface area contributed by atoms with Gasteiger partial charge in [-0.15, -0.1) is 0 Å². The maximum absolute atomic E-state index is 5.82. The van der Waals surface area contributed by atoms with Crippen molar-refractivity contribution in [1.29, 1.82) is 0 Å². The molecule has 0 radical (unpaired) electrons. The van der Waals surface area contributed by atoms with Gasteiger partial charge in [0, 0.05) is 13.2 Å². The Labute approximate surface area is 95.7 Å². The van der Waals surface area contributed by atoms with Gasteiger partial charge in [0.05, 0.1) is 11.1 Å². The number of nitrogens with zero attached hydrogens (tertiary/aromatic N) is 5. The smallest absolute Gasteiger partial charge is 0.224 e. The Kier molecular flexibility index (Phi) is 1.79. The highest BCUT2D eigenvalue weighted by Gasteiger charge is 2.15. The van der Waals surface area contributed by atoms with E-state index in [9.17, 15) is 0 Å². The van der Waals surface area contributed by atoms with Crippen molar-refractivity contribution in [2.45, 2.75) is 0 Å². The maximum Gasteiger partial charge on any atom is 0.224 e. The highest BCUT2D eigenvalue weighted by atomic mass is 15.3. The van der Waals surface area contributed by atoms with Gasteiger partial charge < -0.3 is 11.5 Å². The summed E-state index contributed by atoms with van der Waals surface area (Å²) < 4.78 is 1.69. The van der Waals surface area contributed by atoms with E-state index in [4.69, 9.17) is 11.5 Å². The molecular weight excluding hydrogens is 220 g/mol. The van der Waals surface area contributed by atoms with Crippen LogP contribution in [0.15, 0.2) is 12.3 Å². The zero-order chi connectivity index (χ0) is 12.0. The Morgan fingerprint density at radius 3 is 2.82 bits per heavy atom. The Morgan fingerprint density at radius 1 is 1.29 bits per heavy atom. The van der Waals surface area contributed by atoms with Crippen molar-refractivity contribution in [3.8, 4) is 11.4 Å². The first-order valence-electron chi connectivity index (χ1n) is 4.92. The quantitative estimate of drug-likeness (QED) is 0.537. The molecule has 8 nitrogen and oxygen atoms in total. The molecule has 5 N–H and O–H groups in total. The van der Waals surface area contributed by atoms with Gasteiger partial charge in [-0.05, 0) is 6.07 Å². The minimum atomic E-state index is 0.106.